The van der Waals surface area contributed by atoms with E-state index in [4.69, 9.17) is 0 Å². The van der Waals surface area contributed by atoms with Crippen LogP contribution in [0.4, 0.5) is 26.3 Å². The maximum atomic E-state index is 14.7. The minimum absolute atomic E-state index is 0.00841. The molecule has 246 valence electrons. The number of halogens is 6. The molecule has 0 aliphatic carbocycles. The lowest BCUT2D eigenvalue weighted by atomic mass is 9.94. The summed E-state index contributed by atoms with van der Waals surface area (Å²) in [6.45, 7) is 3.84. The summed E-state index contributed by atoms with van der Waals surface area (Å²) in [7, 11) is 0. The maximum Gasteiger partial charge on any atom is 0.417 e. The van der Waals surface area contributed by atoms with E-state index in [1.807, 2.05) is 108 Å². The average Bonchev–Trinajstić information content (AvgIpc) is 3.61. The van der Waals surface area contributed by atoms with Gasteiger partial charge in [-0.25, -0.2) is 0 Å². The van der Waals surface area contributed by atoms with E-state index in [0.29, 0.717) is 17.4 Å². The Hall–Kier alpha value is -6.01. The van der Waals surface area contributed by atoms with Crippen molar-refractivity contribution in [2.24, 2.45) is 0 Å². The molecule has 0 fully saturated rings. The lowest BCUT2D eigenvalue weighted by Gasteiger charge is -2.21. The number of rotatable bonds is 3. The minimum atomic E-state index is -5.11. The summed E-state index contributed by atoms with van der Waals surface area (Å²) < 4.78 is 89.1. The Bertz CT molecular complexity index is 2580. The molecule has 0 atom stereocenters. The molecule has 0 N–H and O–H groups in total. The largest absolute Gasteiger partial charge is 0.417 e. The number of hydrogen-bond donors (Lipinski definition) is 0. The van der Waals surface area contributed by atoms with Crippen LogP contribution in [0.2, 0.25) is 0 Å². The smallest absolute Gasteiger partial charge is 0.308 e. The summed E-state index contributed by atoms with van der Waals surface area (Å²) in [5, 5.41) is 14.5. The van der Waals surface area contributed by atoms with Crippen LogP contribution in [0, 0.1) is 25.2 Å². The number of para-hydroxylation sites is 4. The van der Waals surface area contributed by atoms with E-state index in [1.54, 1.807) is 0 Å². The quantitative estimate of drug-likeness (QED) is 0.172. The number of aryl methyl sites for hydroxylation is 2. The lowest BCUT2D eigenvalue weighted by Crippen LogP contribution is -2.12. The topological polar surface area (TPSA) is 33.6 Å². The fourth-order valence-corrected chi connectivity index (χ4v) is 7.32. The number of hydrogen-bond acceptors (Lipinski definition) is 1. The average molecular weight is 674 g/mol. The van der Waals surface area contributed by atoms with Crippen molar-refractivity contribution in [3.63, 3.8) is 0 Å². The first-order valence-electron chi connectivity index (χ1n) is 15.7. The molecule has 0 amide bonds. The normalized spacial score (nSPS) is 12.4. The Morgan fingerprint density at radius 2 is 1.02 bits per heavy atom. The second-order valence-electron chi connectivity index (χ2n) is 12.4. The van der Waals surface area contributed by atoms with E-state index in [9.17, 15) is 31.6 Å². The van der Waals surface area contributed by atoms with Crippen LogP contribution in [0.25, 0.3) is 66.1 Å². The van der Waals surface area contributed by atoms with E-state index in [1.165, 1.54) is 12.1 Å². The highest BCUT2D eigenvalue weighted by molar-refractivity contribution is 6.12. The molecular formula is C41H25F6N3. The first kappa shape index (κ1) is 31.3. The van der Waals surface area contributed by atoms with Crippen LogP contribution >= 0.6 is 0 Å². The summed E-state index contributed by atoms with van der Waals surface area (Å²) in [6, 6.07) is 33.7. The predicted octanol–water partition coefficient (Wildman–Crippen LogP) is 12.1. The highest BCUT2D eigenvalue weighted by Gasteiger charge is 2.39. The van der Waals surface area contributed by atoms with Gasteiger partial charge in [-0.15, -0.1) is 0 Å². The second kappa shape index (κ2) is 11.0. The molecule has 8 aromatic rings. The van der Waals surface area contributed by atoms with Crippen LogP contribution in [0.1, 0.15) is 27.8 Å². The van der Waals surface area contributed by atoms with Gasteiger partial charge in [0.2, 0.25) is 0 Å². The Morgan fingerprint density at radius 3 is 1.48 bits per heavy atom. The third-order valence-corrected chi connectivity index (χ3v) is 9.45. The summed E-state index contributed by atoms with van der Waals surface area (Å²) in [4.78, 5) is 0. The fraction of sp³-hybridized carbons (Fsp3) is 0.0976. The Balaban J connectivity index is 1.59. The first-order chi connectivity index (χ1) is 23.9. The molecule has 0 saturated heterocycles. The maximum absolute atomic E-state index is 14.7. The van der Waals surface area contributed by atoms with E-state index >= 15 is 0 Å². The molecule has 0 aliphatic rings. The van der Waals surface area contributed by atoms with E-state index < -0.39 is 29.0 Å². The molecule has 50 heavy (non-hydrogen) atoms. The van der Waals surface area contributed by atoms with Crippen LogP contribution in [-0.4, -0.2) is 9.13 Å². The third-order valence-electron chi connectivity index (χ3n) is 9.45. The number of alkyl halides is 6. The summed E-state index contributed by atoms with van der Waals surface area (Å²) in [5.41, 5.74) is 2.22. The summed E-state index contributed by atoms with van der Waals surface area (Å²) >= 11 is 0. The summed E-state index contributed by atoms with van der Waals surface area (Å²) in [5.74, 6) is 0. The molecule has 0 bridgehead atoms. The Kier molecular flexibility index (Phi) is 6.88. The van der Waals surface area contributed by atoms with Crippen LogP contribution in [0.5, 0.6) is 0 Å². The molecular weight excluding hydrogens is 648 g/mol. The van der Waals surface area contributed by atoms with Crippen molar-refractivity contribution in [1.29, 1.82) is 5.26 Å². The Morgan fingerprint density at radius 1 is 0.540 bits per heavy atom. The summed E-state index contributed by atoms with van der Waals surface area (Å²) in [6.07, 6.45) is -10.1. The Labute approximate surface area is 281 Å². The van der Waals surface area contributed by atoms with Crippen molar-refractivity contribution >= 4 is 43.6 Å². The van der Waals surface area contributed by atoms with Gasteiger partial charge < -0.3 is 9.13 Å². The van der Waals surface area contributed by atoms with Crippen LogP contribution in [0.15, 0.2) is 115 Å². The van der Waals surface area contributed by atoms with Crippen molar-refractivity contribution in [2.75, 3.05) is 0 Å². The van der Waals surface area contributed by atoms with Gasteiger partial charge in [0.15, 0.2) is 0 Å². The van der Waals surface area contributed by atoms with Gasteiger partial charge >= 0.3 is 12.4 Å². The highest BCUT2D eigenvalue weighted by Crippen LogP contribution is 2.45. The number of fused-ring (bicyclic) bond motifs is 6. The van der Waals surface area contributed by atoms with Gasteiger partial charge in [-0.2, -0.15) is 31.6 Å². The number of benzene rings is 6. The second-order valence-corrected chi connectivity index (χ2v) is 12.4. The lowest BCUT2D eigenvalue weighted by molar-refractivity contribution is -0.142. The number of aromatic nitrogens is 2. The molecule has 6 aromatic carbocycles. The molecule has 3 nitrogen and oxygen atoms in total. The monoisotopic (exact) mass is 673 g/mol. The van der Waals surface area contributed by atoms with E-state index in [0.717, 1.165) is 60.8 Å². The van der Waals surface area contributed by atoms with Crippen LogP contribution in [-0.2, 0) is 12.4 Å². The molecule has 0 aliphatic heterocycles. The highest BCUT2D eigenvalue weighted by atomic mass is 19.4. The molecule has 2 aromatic heterocycles. The van der Waals surface area contributed by atoms with Gasteiger partial charge in [0.1, 0.15) is 11.6 Å². The molecule has 8 rings (SSSR count). The van der Waals surface area contributed by atoms with Crippen molar-refractivity contribution in [3.8, 4) is 28.6 Å². The van der Waals surface area contributed by atoms with Gasteiger partial charge in [-0.3, -0.25) is 0 Å². The molecule has 0 unspecified atom stereocenters. The minimum Gasteiger partial charge on any atom is -0.308 e. The molecule has 0 radical (unpaired) electrons. The molecule has 9 heteroatoms. The van der Waals surface area contributed by atoms with Crippen LogP contribution in [0.3, 0.4) is 0 Å². The van der Waals surface area contributed by atoms with Gasteiger partial charge in [0.25, 0.3) is 0 Å². The van der Waals surface area contributed by atoms with Gasteiger partial charge in [0.05, 0.1) is 44.6 Å². The van der Waals surface area contributed by atoms with Crippen molar-refractivity contribution in [3.05, 3.63) is 143 Å². The fourth-order valence-electron chi connectivity index (χ4n) is 7.32. The van der Waals surface area contributed by atoms with Crippen LogP contribution < -0.4 is 0 Å². The molecule has 0 saturated carbocycles. The zero-order chi connectivity index (χ0) is 35.1. The molecule has 2 heterocycles. The van der Waals surface area contributed by atoms with Crippen molar-refractivity contribution in [1.82, 2.24) is 9.13 Å². The number of nitrogens with zero attached hydrogens (tertiary/aromatic N) is 3. The number of nitriles is 1. The van der Waals surface area contributed by atoms with Crippen molar-refractivity contribution in [2.45, 2.75) is 26.2 Å². The SMILES string of the molecule is Cc1cccc2c3ccccc3n(-c3cc(-c4ccc(C(F)(F)F)cc4C(F)(F)F)cc(-n4c5ccccc5c5cccc(C)c54)c3C#N)c12. The van der Waals surface area contributed by atoms with Crippen molar-refractivity contribution < 1.29 is 26.3 Å². The molecule has 0 spiro atoms. The van der Waals surface area contributed by atoms with Gasteiger partial charge in [0, 0.05) is 21.5 Å². The van der Waals surface area contributed by atoms with E-state index in [2.05, 4.69) is 6.07 Å². The third kappa shape index (κ3) is 4.66. The standard InChI is InChI=1S/C41H25F6N3/c1-23-9-7-13-30-28-11-3-5-15-34(28)49(38(23)30)36-19-25(27-18-17-26(40(42,43)44)21-33(27)41(45,46)47)20-37(32(36)22-48)50-35-16-6-4-12-29(35)31-14-8-10-24(2)39(31)50/h3-21H,1-2H3. The van der Waals surface area contributed by atoms with Gasteiger partial charge in [-0.1, -0.05) is 78.9 Å². The predicted molar refractivity (Wildman–Crippen MR) is 185 cm³/mol. The zero-order valence-electron chi connectivity index (χ0n) is 26.6. The van der Waals surface area contributed by atoms with E-state index in [-0.39, 0.29) is 17.2 Å². The zero-order valence-corrected chi connectivity index (χ0v) is 26.6. The first-order valence-corrected chi connectivity index (χ1v) is 15.7. The van der Waals surface area contributed by atoms with Gasteiger partial charge in [-0.05, 0) is 72.5 Å².